The molecule has 5 heterocycles. The van der Waals surface area contributed by atoms with Crippen LogP contribution in [0, 0.1) is 19.7 Å². The first-order valence-electron chi connectivity index (χ1n) is 14.2. The zero-order valence-electron chi connectivity index (χ0n) is 23.5. The number of aryl methyl sites for hydroxylation is 2. The first-order valence-corrected chi connectivity index (χ1v) is 14.2. The standard InChI is InChI=1S/C32H30FN9/c1-20-5-3-8-28(34-20)31-37-30(38-39-31)24-13-15-41(16-14-24)18-22-9-11-23(12-10-22)29-27(25-6-4-7-26(33)17-25)19-42-32(36-29)35-21(2)40-42/h3-12,17,19,24H,13-16,18H2,1-2H3,(H,37,38,39). The van der Waals surface area contributed by atoms with Crippen molar-refractivity contribution in [2.75, 3.05) is 13.1 Å². The summed E-state index contributed by atoms with van der Waals surface area (Å²) in [6.45, 7) is 6.63. The van der Waals surface area contributed by atoms with E-state index in [-0.39, 0.29) is 5.82 Å². The smallest absolute Gasteiger partial charge is 0.252 e. The van der Waals surface area contributed by atoms with E-state index in [4.69, 9.17) is 9.97 Å². The number of aromatic amines is 1. The molecule has 0 unspecified atom stereocenters. The number of hydrogen-bond donors (Lipinski definition) is 1. The molecule has 0 radical (unpaired) electrons. The van der Waals surface area contributed by atoms with E-state index in [0.29, 0.717) is 17.5 Å². The van der Waals surface area contributed by atoms with Gasteiger partial charge in [0.1, 0.15) is 17.3 Å². The van der Waals surface area contributed by atoms with Crippen LogP contribution in [0.3, 0.4) is 0 Å². The Morgan fingerprint density at radius 3 is 2.48 bits per heavy atom. The molecule has 2 aromatic carbocycles. The molecule has 0 spiro atoms. The molecule has 0 amide bonds. The van der Waals surface area contributed by atoms with Crippen LogP contribution in [0.15, 0.2) is 72.9 Å². The molecule has 1 saturated heterocycles. The molecule has 0 aliphatic carbocycles. The molecule has 10 heteroatoms. The monoisotopic (exact) mass is 559 g/mol. The SMILES string of the molecule is Cc1cccc(-c2nc(C3CCN(Cc4ccc(-c5nc6nc(C)nn6cc5-c5cccc(F)c5)cc4)CC3)n[nH]2)n1. The van der Waals surface area contributed by atoms with Crippen molar-refractivity contribution in [1.82, 2.24) is 44.6 Å². The highest BCUT2D eigenvalue weighted by Gasteiger charge is 2.24. The molecule has 1 N–H and O–H groups in total. The number of nitrogens with one attached hydrogen (secondary N) is 1. The predicted octanol–water partition coefficient (Wildman–Crippen LogP) is 5.77. The number of hydrogen-bond acceptors (Lipinski definition) is 7. The summed E-state index contributed by atoms with van der Waals surface area (Å²) in [4.78, 5) is 21.1. The fourth-order valence-electron chi connectivity index (χ4n) is 5.64. The highest BCUT2D eigenvalue weighted by atomic mass is 19.1. The minimum atomic E-state index is -0.292. The fourth-order valence-corrected chi connectivity index (χ4v) is 5.64. The molecule has 1 fully saturated rings. The van der Waals surface area contributed by atoms with Crippen LogP contribution in [0.2, 0.25) is 0 Å². The molecule has 0 atom stereocenters. The Morgan fingerprint density at radius 2 is 1.69 bits per heavy atom. The van der Waals surface area contributed by atoms with Crippen molar-refractivity contribution in [3.05, 3.63) is 102 Å². The van der Waals surface area contributed by atoms with Crippen molar-refractivity contribution in [2.45, 2.75) is 39.2 Å². The number of aromatic nitrogens is 8. The van der Waals surface area contributed by atoms with E-state index < -0.39 is 0 Å². The summed E-state index contributed by atoms with van der Waals surface area (Å²) in [5.74, 6) is 2.79. The Hall–Kier alpha value is -4.83. The third-order valence-corrected chi connectivity index (χ3v) is 7.79. The molecule has 6 aromatic rings. The Bertz CT molecular complexity index is 1870. The maximum atomic E-state index is 14.1. The van der Waals surface area contributed by atoms with Gasteiger partial charge in [-0.1, -0.05) is 42.5 Å². The van der Waals surface area contributed by atoms with Gasteiger partial charge in [0.15, 0.2) is 11.6 Å². The number of rotatable bonds is 6. The largest absolute Gasteiger partial charge is 0.299 e. The van der Waals surface area contributed by atoms with Crippen LogP contribution in [0.1, 0.15) is 41.7 Å². The number of H-pyrrole nitrogens is 1. The van der Waals surface area contributed by atoms with Crippen LogP contribution in [-0.2, 0) is 6.54 Å². The molecule has 4 aromatic heterocycles. The van der Waals surface area contributed by atoms with Crippen molar-refractivity contribution >= 4 is 5.78 Å². The number of benzene rings is 2. The van der Waals surface area contributed by atoms with Gasteiger partial charge >= 0.3 is 0 Å². The number of likely N-dealkylation sites (tertiary alicyclic amines) is 1. The first kappa shape index (κ1) is 26.1. The number of pyridine rings is 1. The fraction of sp³-hybridized carbons (Fsp3) is 0.250. The van der Waals surface area contributed by atoms with Gasteiger partial charge in [-0.15, -0.1) is 0 Å². The van der Waals surface area contributed by atoms with Crippen molar-refractivity contribution < 1.29 is 4.39 Å². The van der Waals surface area contributed by atoms with Gasteiger partial charge in [-0.2, -0.15) is 15.2 Å². The number of halogens is 1. The van der Waals surface area contributed by atoms with Crippen LogP contribution < -0.4 is 0 Å². The maximum absolute atomic E-state index is 14.1. The highest BCUT2D eigenvalue weighted by Crippen LogP contribution is 2.32. The molecule has 1 aliphatic heterocycles. The van der Waals surface area contributed by atoms with Crippen molar-refractivity contribution in [1.29, 1.82) is 0 Å². The molecular weight excluding hydrogens is 529 g/mol. The quantitative estimate of drug-likeness (QED) is 0.276. The summed E-state index contributed by atoms with van der Waals surface area (Å²) in [6.07, 6.45) is 3.89. The maximum Gasteiger partial charge on any atom is 0.252 e. The molecule has 0 saturated carbocycles. The number of nitrogens with zero attached hydrogens (tertiary/aromatic N) is 8. The van der Waals surface area contributed by atoms with Gasteiger partial charge in [0.2, 0.25) is 0 Å². The van der Waals surface area contributed by atoms with Crippen LogP contribution in [0.5, 0.6) is 0 Å². The van der Waals surface area contributed by atoms with Gasteiger partial charge < -0.3 is 0 Å². The number of fused-ring (bicyclic) bond motifs is 1. The van der Waals surface area contributed by atoms with Crippen LogP contribution in [0.25, 0.3) is 39.7 Å². The van der Waals surface area contributed by atoms with Gasteiger partial charge in [-0.3, -0.25) is 10.00 Å². The molecule has 42 heavy (non-hydrogen) atoms. The van der Waals surface area contributed by atoms with E-state index >= 15 is 0 Å². The Balaban J connectivity index is 1.05. The molecule has 0 bridgehead atoms. The summed E-state index contributed by atoms with van der Waals surface area (Å²) in [5.41, 5.74) is 6.26. The third-order valence-electron chi connectivity index (χ3n) is 7.79. The van der Waals surface area contributed by atoms with Gasteiger partial charge in [-0.05, 0) is 75.2 Å². The Morgan fingerprint density at radius 1 is 0.881 bits per heavy atom. The van der Waals surface area contributed by atoms with Gasteiger partial charge in [0.25, 0.3) is 5.78 Å². The van der Waals surface area contributed by atoms with Crippen molar-refractivity contribution in [3.63, 3.8) is 0 Å². The minimum absolute atomic E-state index is 0.292. The first-order chi connectivity index (χ1) is 20.5. The van der Waals surface area contributed by atoms with E-state index in [1.807, 2.05) is 44.3 Å². The highest BCUT2D eigenvalue weighted by molar-refractivity contribution is 5.81. The van der Waals surface area contributed by atoms with Crippen LogP contribution in [0.4, 0.5) is 4.39 Å². The van der Waals surface area contributed by atoms with E-state index in [9.17, 15) is 4.39 Å². The average molecular weight is 560 g/mol. The van der Waals surface area contributed by atoms with E-state index in [1.54, 1.807) is 10.6 Å². The lowest BCUT2D eigenvalue weighted by Crippen LogP contribution is -2.32. The lowest BCUT2D eigenvalue weighted by molar-refractivity contribution is 0.202. The van der Waals surface area contributed by atoms with Crippen LogP contribution >= 0.6 is 0 Å². The van der Waals surface area contributed by atoms with Crippen LogP contribution in [-0.4, -0.2) is 57.7 Å². The topological polar surface area (TPSA) is 101 Å². The summed E-state index contributed by atoms with van der Waals surface area (Å²) in [6, 6.07) is 20.9. The Labute approximate surface area is 242 Å². The number of piperidine rings is 1. The van der Waals surface area contributed by atoms with E-state index in [0.717, 1.165) is 77.9 Å². The molecule has 210 valence electrons. The summed E-state index contributed by atoms with van der Waals surface area (Å²) >= 11 is 0. The second kappa shape index (κ2) is 10.9. The zero-order valence-corrected chi connectivity index (χ0v) is 23.5. The summed E-state index contributed by atoms with van der Waals surface area (Å²) in [7, 11) is 0. The average Bonchev–Trinajstić information content (AvgIpc) is 3.64. The summed E-state index contributed by atoms with van der Waals surface area (Å²) < 4.78 is 15.8. The predicted molar refractivity (Wildman–Crippen MR) is 158 cm³/mol. The second-order valence-corrected chi connectivity index (χ2v) is 10.9. The minimum Gasteiger partial charge on any atom is -0.299 e. The zero-order chi connectivity index (χ0) is 28.6. The lowest BCUT2D eigenvalue weighted by Gasteiger charge is -2.30. The molecule has 9 nitrogen and oxygen atoms in total. The second-order valence-electron chi connectivity index (χ2n) is 10.9. The molecular formula is C32H30FN9. The molecule has 7 rings (SSSR count). The van der Waals surface area contributed by atoms with E-state index in [2.05, 4.69) is 54.4 Å². The third kappa shape index (κ3) is 5.28. The van der Waals surface area contributed by atoms with Gasteiger partial charge in [-0.25, -0.2) is 23.9 Å². The van der Waals surface area contributed by atoms with Gasteiger partial charge in [0, 0.05) is 35.5 Å². The van der Waals surface area contributed by atoms with Crippen molar-refractivity contribution in [3.8, 4) is 33.9 Å². The summed E-state index contributed by atoms with van der Waals surface area (Å²) in [5, 5.41) is 12.0. The van der Waals surface area contributed by atoms with E-state index in [1.165, 1.54) is 17.7 Å². The lowest BCUT2D eigenvalue weighted by atomic mass is 9.95. The van der Waals surface area contributed by atoms with Gasteiger partial charge in [0.05, 0.1) is 5.69 Å². The van der Waals surface area contributed by atoms with Crippen molar-refractivity contribution in [2.24, 2.45) is 0 Å². The normalized spacial score (nSPS) is 14.5. The Kier molecular flexibility index (Phi) is 6.75. The molecule has 1 aliphatic rings.